The summed E-state index contributed by atoms with van der Waals surface area (Å²) in [5.74, 6) is -0.186. The van der Waals surface area contributed by atoms with Gasteiger partial charge in [-0.1, -0.05) is 0 Å². The van der Waals surface area contributed by atoms with Gasteiger partial charge in [-0.15, -0.1) is 11.6 Å². The third-order valence-corrected chi connectivity index (χ3v) is 3.22. The molecule has 7 heteroatoms. The number of hydrogen-bond acceptors (Lipinski definition) is 6. The molecule has 1 heterocycles. The smallest absolute Gasteiger partial charge is 0.313 e. The van der Waals surface area contributed by atoms with Gasteiger partial charge in [-0.05, 0) is 24.9 Å². The SMILES string of the molecule is Cc1nc2c([C](C#N)C#N)ccc([C-](C#N)C#N)c2nc1C.[Na+]. The van der Waals surface area contributed by atoms with Gasteiger partial charge in [-0.2, -0.15) is 16.6 Å². The van der Waals surface area contributed by atoms with Crippen molar-refractivity contribution in [3.05, 3.63) is 46.5 Å². The molecular formula is C16H8N6Na. The molecule has 6 nitrogen and oxygen atoms in total. The molecule has 1 radical (unpaired) electrons. The number of fused-ring (bicyclic) bond motifs is 1. The first kappa shape index (κ1) is 18.4. The molecule has 0 saturated heterocycles. The molecule has 0 aliphatic rings. The third kappa shape index (κ3) is 3.26. The molecule has 0 bridgehead atoms. The minimum Gasteiger partial charge on any atom is -0.313 e. The van der Waals surface area contributed by atoms with Crippen molar-refractivity contribution in [3.8, 4) is 24.3 Å². The summed E-state index contributed by atoms with van der Waals surface area (Å²) in [4.78, 5) is 8.77. The Labute approximate surface area is 155 Å². The summed E-state index contributed by atoms with van der Waals surface area (Å²) in [6.07, 6.45) is 0. The number of hydrogen-bond donors (Lipinski definition) is 0. The van der Waals surface area contributed by atoms with Gasteiger partial charge in [0, 0.05) is 29.3 Å². The fourth-order valence-electron chi connectivity index (χ4n) is 2.00. The number of aryl methyl sites for hydroxylation is 2. The molecule has 23 heavy (non-hydrogen) atoms. The minimum absolute atomic E-state index is 0. The second-order valence-electron chi connectivity index (χ2n) is 4.45. The maximum atomic E-state index is 9.07. The monoisotopic (exact) mass is 307 g/mol. The van der Waals surface area contributed by atoms with Crippen LogP contribution in [0.25, 0.3) is 11.0 Å². The average Bonchev–Trinajstić information content (AvgIpc) is 2.52. The van der Waals surface area contributed by atoms with Crippen molar-refractivity contribution < 1.29 is 29.6 Å². The van der Waals surface area contributed by atoms with Gasteiger partial charge in [0.25, 0.3) is 0 Å². The minimum atomic E-state index is -0.0930. The van der Waals surface area contributed by atoms with Gasteiger partial charge in [-0.25, -0.2) is 10.5 Å². The average molecular weight is 307 g/mol. The predicted molar refractivity (Wildman–Crippen MR) is 76.2 cm³/mol. The van der Waals surface area contributed by atoms with Crippen LogP contribution in [-0.2, 0) is 0 Å². The van der Waals surface area contributed by atoms with Crippen LogP contribution in [0.15, 0.2) is 12.1 Å². The van der Waals surface area contributed by atoms with E-state index in [-0.39, 0.29) is 41.4 Å². The van der Waals surface area contributed by atoms with Crippen LogP contribution >= 0.6 is 0 Å². The van der Waals surface area contributed by atoms with Gasteiger partial charge < -0.3 is 4.98 Å². The van der Waals surface area contributed by atoms with Crippen LogP contribution < -0.4 is 29.6 Å². The molecule has 0 N–H and O–H groups in total. The van der Waals surface area contributed by atoms with E-state index >= 15 is 0 Å². The Bertz CT molecular complexity index is 819. The molecule has 2 rings (SSSR count). The molecule has 0 unspecified atom stereocenters. The maximum absolute atomic E-state index is 9.07. The van der Waals surface area contributed by atoms with Gasteiger partial charge >= 0.3 is 29.6 Å². The van der Waals surface area contributed by atoms with Crippen LogP contribution in [-0.4, -0.2) is 9.97 Å². The summed E-state index contributed by atoms with van der Waals surface area (Å²) >= 11 is 0. The van der Waals surface area contributed by atoms with Crippen LogP contribution in [0.3, 0.4) is 0 Å². The molecule has 0 amide bonds. The Kier molecular flexibility index (Phi) is 6.09. The first-order chi connectivity index (χ1) is 10.6. The van der Waals surface area contributed by atoms with Crippen molar-refractivity contribution >= 4 is 11.0 Å². The van der Waals surface area contributed by atoms with Crippen molar-refractivity contribution in [2.24, 2.45) is 0 Å². The summed E-state index contributed by atoms with van der Waals surface area (Å²) in [5.41, 5.74) is 2.65. The molecule has 103 valence electrons. The van der Waals surface area contributed by atoms with E-state index < -0.39 is 0 Å². The van der Waals surface area contributed by atoms with Gasteiger partial charge in [0.2, 0.25) is 5.92 Å². The first-order valence-electron chi connectivity index (χ1n) is 6.20. The van der Waals surface area contributed by atoms with E-state index in [0.717, 1.165) is 0 Å². The second kappa shape index (κ2) is 7.59. The van der Waals surface area contributed by atoms with Crippen LogP contribution in [0.1, 0.15) is 22.5 Å². The van der Waals surface area contributed by atoms with Crippen LogP contribution in [0.2, 0.25) is 0 Å². The molecule has 0 aliphatic carbocycles. The van der Waals surface area contributed by atoms with Crippen LogP contribution in [0, 0.1) is 71.0 Å². The topological polar surface area (TPSA) is 121 Å². The van der Waals surface area contributed by atoms with Crippen molar-refractivity contribution in [1.82, 2.24) is 9.97 Å². The molecule has 1 aromatic heterocycles. The van der Waals surface area contributed by atoms with E-state index in [1.54, 1.807) is 13.8 Å². The second-order valence-corrected chi connectivity index (χ2v) is 4.45. The predicted octanol–water partition coefficient (Wildman–Crippen LogP) is -0.810. The van der Waals surface area contributed by atoms with Gasteiger partial charge in [0.1, 0.15) is 0 Å². The van der Waals surface area contributed by atoms with E-state index in [1.807, 2.05) is 24.3 Å². The molecule has 0 aliphatic heterocycles. The Morgan fingerprint density at radius 2 is 1.43 bits per heavy atom. The molecule has 2 aromatic rings. The fourth-order valence-corrected chi connectivity index (χ4v) is 2.00. The maximum Gasteiger partial charge on any atom is 1.00 e. The van der Waals surface area contributed by atoms with Crippen molar-refractivity contribution in [2.45, 2.75) is 13.8 Å². The molecule has 0 saturated carbocycles. The Balaban J connectivity index is 0.00000264. The number of benzene rings is 1. The van der Waals surface area contributed by atoms with E-state index in [1.165, 1.54) is 12.1 Å². The molecule has 0 spiro atoms. The van der Waals surface area contributed by atoms with E-state index in [0.29, 0.717) is 33.5 Å². The summed E-state index contributed by atoms with van der Waals surface area (Å²) < 4.78 is 0. The van der Waals surface area contributed by atoms with Crippen LogP contribution in [0.5, 0.6) is 0 Å². The van der Waals surface area contributed by atoms with Crippen LogP contribution in [0.4, 0.5) is 0 Å². The summed E-state index contributed by atoms with van der Waals surface area (Å²) in [7, 11) is 0. The summed E-state index contributed by atoms with van der Waals surface area (Å²) in [6, 6.07) is 10.3. The summed E-state index contributed by atoms with van der Waals surface area (Å²) in [6.45, 7) is 3.52. The Morgan fingerprint density at radius 1 is 0.913 bits per heavy atom. The van der Waals surface area contributed by atoms with Crippen molar-refractivity contribution in [1.29, 1.82) is 21.0 Å². The number of rotatable bonds is 2. The number of nitriles is 4. The van der Waals surface area contributed by atoms with Crippen molar-refractivity contribution in [2.75, 3.05) is 0 Å². The molecule has 1 aromatic carbocycles. The Morgan fingerprint density at radius 3 is 1.91 bits per heavy atom. The zero-order valence-electron chi connectivity index (χ0n) is 12.8. The quantitative estimate of drug-likeness (QED) is 0.528. The largest absolute Gasteiger partial charge is 1.00 e. The van der Waals surface area contributed by atoms with Gasteiger partial charge in [0.15, 0.2) is 0 Å². The van der Waals surface area contributed by atoms with Gasteiger partial charge in [0.05, 0.1) is 17.8 Å². The van der Waals surface area contributed by atoms with E-state index in [4.69, 9.17) is 21.0 Å². The fraction of sp³-hybridized carbons (Fsp3) is 0.125. The zero-order chi connectivity index (χ0) is 16.3. The third-order valence-electron chi connectivity index (χ3n) is 3.22. The zero-order valence-corrected chi connectivity index (χ0v) is 14.8. The normalized spacial score (nSPS) is 9.17. The standard InChI is InChI=1S/C16H8N6.Na/c1-9-10(2)22-16-14(12(7-19)8-20)4-3-13(15(16)21-9)11(5-17)6-18;/h3-4H,1-2H3;/q-1;+1. The first-order valence-corrected chi connectivity index (χ1v) is 6.20. The summed E-state index contributed by atoms with van der Waals surface area (Å²) in [5, 5.41) is 36.3. The molecular weight excluding hydrogens is 299 g/mol. The van der Waals surface area contributed by atoms with Gasteiger partial charge in [-0.3, -0.25) is 4.98 Å². The van der Waals surface area contributed by atoms with E-state index in [9.17, 15) is 0 Å². The molecule has 0 fully saturated rings. The van der Waals surface area contributed by atoms with E-state index in [2.05, 4.69) is 9.97 Å². The molecule has 0 atom stereocenters. The number of nitrogens with zero attached hydrogens (tertiary/aromatic N) is 6. The van der Waals surface area contributed by atoms with Crippen molar-refractivity contribution in [3.63, 3.8) is 0 Å². The Hall–Kier alpha value is -2.61. The number of aromatic nitrogens is 2.